The van der Waals surface area contributed by atoms with Crippen molar-refractivity contribution in [2.45, 2.75) is 57.0 Å². The Morgan fingerprint density at radius 2 is 2.05 bits per heavy atom. The van der Waals surface area contributed by atoms with Crippen LogP contribution in [0.1, 0.15) is 38.7 Å². The van der Waals surface area contributed by atoms with E-state index in [0.717, 1.165) is 24.8 Å². The quantitative estimate of drug-likeness (QED) is 0.867. The minimum Gasteiger partial charge on any atom is -0.495 e. The van der Waals surface area contributed by atoms with Gasteiger partial charge in [-0.3, -0.25) is 0 Å². The molecule has 2 unspecified atom stereocenters. The van der Waals surface area contributed by atoms with Crippen LogP contribution in [-0.4, -0.2) is 31.9 Å². The smallest absolute Gasteiger partial charge is 0.247 e. The van der Waals surface area contributed by atoms with Gasteiger partial charge in [-0.05, 0) is 50.8 Å². The fourth-order valence-corrected chi connectivity index (χ4v) is 5.14. The minimum atomic E-state index is -3.60. The predicted octanol–water partition coefficient (Wildman–Crippen LogP) is 2.54. The van der Waals surface area contributed by atoms with Gasteiger partial charge in [-0.1, -0.05) is 6.92 Å². The first-order valence-corrected chi connectivity index (χ1v) is 8.74. The van der Waals surface area contributed by atoms with Crippen molar-refractivity contribution >= 4 is 15.7 Å². The largest absolute Gasteiger partial charge is 0.495 e. The van der Waals surface area contributed by atoms with Gasteiger partial charge in [-0.25, -0.2) is 8.42 Å². The summed E-state index contributed by atoms with van der Waals surface area (Å²) in [4.78, 5) is 0.167. The first kappa shape index (κ1) is 16.1. The van der Waals surface area contributed by atoms with Gasteiger partial charge in [-0.15, -0.1) is 0 Å². The molecule has 118 valence electrons. The molecule has 21 heavy (non-hydrogen) atoms. The van der Waals surface area contributed by atoms with Crippen LogP contribution in [-0.2, 0) is 10.0 Å². The third kappa shape index (κ3) is 2.74. The van der Waals surface area contributed by atoms with Crippen molar-refractivity contribution < 1.29 is 13.2 Å². The van der Waals surface area contributed by atoms with Gasteiger partial charge in [0, 0.05) is 17.8 Å². The zero-order valence-electron chi connectivity index (χ0n) is 13.1. The number of anilines is 1. The van der Waals surface area contributed by atoms with Crippen LogP contribution in [0.25, 0.3) is 0 Å². The SMILES string of the molecule is CCC1CCC(C)N1S(=O)(=O)c1cc(N)c(C)cc1OC. The van der Waals surface area contributed by atoms with E-state index in [1.165, 1.54) is 13.2 Å². The van der Waals surface area contributed by atoms with Gasteiger partial charge in [0.05, 0.1) is 7.11 Å². The molecule has 1 aromatic carbocycles. The average Bonchev–Trinajstić information content (AvgIpc) is 2.82. The van der Waals surface area contributed by atoms with E-state index >= 15 is 0 Å². The summed E-state index contributed by atoms with van der Waals surface area (Å²) >= 11 is 0. The highest BCUT2D eigenvalue weighted by molar-refractivity contribution is 7.89. The van der Waals surface area contributed by atoms with Gasteiger partial charge in [-0.2, -0.15) is 4.31 Å². The van der Waals surface area contributed by atoms with Crippen molar-refractivity contribution in [2.24, 2.45) is 0 Å². The highest BCUT2D eigenvalue weighted by Gasteiger charge is 2.40. The van der Waals surface area contributed by atoms with Crippen molar-refractivity contribution in [2.75, 3.05) is 12.8 Å². The molecule has 0 radical (unpaired) electrons. The van der Waals surface area contributed by atoms with E-state index in [0.29, 0.717) is 11.4 Å². The van der Waals surface area contributed by atoms with E-state index in [9.17, 15) is 8.42 Å². The van der Waals surface area contributed by atoms with Crippen molar-refractivity contribution in [1.82, 2.24) is 4.31 Å². The maximum Gasteiger partial charge on any atom is 0.247 e. The normalized spacial score (nSPS) is 23.4. The molecule has 1 saturated heterocycles. The first-order valence-electron chi connectivity index (χ1n) is 7.30. The number of sulfonamides is 1. The van der Waals surface area contributed by atoms with Crippen LogP contribution in [0.3, 0.4) is 0 Å². The maximum absolute atomic E-state index is 13.0. The number of nitrogen functional groups attached to an aromatic ring is 1. The van der Waals surface area contributed by atoms with Gasteiger partial charge >= 0.3 is 0 Å². The number of rotatable bonds is 4. The number of aryl methyl sites for hydroxylation is 1. The third-order valence-electron chi connectivity index (χ3n) is 4.29. The molecule has 6 heteroatoms. The summed E-state index contributed by atoms with van der Waals surface area (Å²) in [5.41, 5.74) is 7.18. The Bertz CT molecular complexity index is 628. The summed E-state index contributed by atoms with van der Waals surface area (Å²) in [6.07, 6.45) is 2.61. The number of methoxy groups -OCH3 is 1. The standard InChI is InChI=1S/C15H24N2O3S/c1-5-12-7-6-11(3)17(12)21(18,19)15-9-13(16)10(2)8-14(15)20-4/h8-9,11-12H,5-7,16H2,1-4H3. The van der Waals surface area contributed by atoms with Gasteiger partial charge in [0.2, 0.25) is 10.0 Å². The monoisotopic (exact) mass is 312 g/mol. The molecule has 0 aliphatic carbocycles. The van der Waals surface area contributed by atoms with E-state index in [1.807, 2.05) is 20.8 Å². The lowest BCUT2D eigenvalue weighted by Crippen LogP contribution is -2.39. The first-order chi connectivity index (χ1) is 9.82. The fourth-order valence-electron chi connectivity index (χ4n) is 3.02. The lowest BCUT2D eigenvalue weighted by Gasteiger charge is -2.28. The summed E-state index contributed by atoms with van der Waals surface area (Å²) in [6, 6.07) is 3.26. The van der Waals surface area contributed by atoms with Crippen LogP contribution in [0.4, 0.5) is 5.69 Å². The van der Waals surface area contributed by atoms with Crippen LogP contribution in [0.5, 0.6) is 5.75 Å². The zero-order chi connectivity index (χ0) is 15.8. The van der Waals surface area contributed by atoms with E-state index in [-0.39, 0.29) is 17.0 Å². The zero-order valence-corrected chi connectivity index (χ0v) is 13.9. The highest BCUT2D eigenvalue weighted by Crippen LogP contribution is 2.37. The summed E-state index contributed by atoms with van der Waals surface area (Å²) in [7, 11) is -2.12. The van der Waals surface area contributed by atoms with E-state index in [2.05, 4.69) is 0 Å². The Morgan fingerprint density at radius 3 is 2.62 bits per heavy atom. The lowest BCUT2D eigenvalue weighted by molar-refractivity contribution is 0.325. The summed E-state index contributed by atoms with van der Waals surface area (Å²) in [5.74, 6) is 0.357. The fraction of sp³-hybridized carbons (Fsp3) is 0.600. The summed E-state index contributed by atoms with van der Waals surface area (Å²) < 4.78 is 33.0. The average molecular weight is 312 g/mol. The molecular weight excluding hydrogens is 288 g/mol. The molecule has 1 fully saturated rings. The highest BCUT2D eigenvalue weighted by atomic mass is 32.2. The van der Waals surface area contributed by atoms with Gasteiger partial charge in [0.25, 0.3) is 0 Å². The Morgan fingerprint density at radius 1 is 1.38 bits per heavy atom. The van der Waals surface area contributed by atoms with Crippen molar-refractivity contribution in [1.29, 1.82) is 0 Å². The van der Waals surface area contributed by atoms with Crippen molar-refractivity contribution in [3.05, 3.63) is 17.7 Å². The Kier molecular flexibility index (Phi) is 4.49. The molecule has 0 saturated carbocycles. The van der Waals surface area contributed by atoms with Gasteiger partial charge in [0.15, 0.2) is 0 Å². The number of ether oxygens (including phenoxy) is 1. The molecule has 1 aromatic rings. The Labute approximate surface area is 127 Å². The predicted molar refractivity (Wildman–Crippen MR) is 83.9 cm³/mol. The molecule has 5 nitrogen and oxygen atoms in total. The molecule has 1 aliphatic rings. The molecule has 0 aromatic heterocycles. The maximum atomic E-state index is 13.0. The second-order valence-electron chi connectivity index (χ2n) is 5.68. The third-order valence-corrected chi connectivity index (χ3v) is 6.38. The molecule has 1 heterocycles. The molecule has 2 N–H and O–H groups in total. The molecular formula is C15H24N2O3S. The van der Waals surface area contributed by atoms with Crippen molar-refractivity contribution in [3.63, 3.8) is 0 Å². The molecule has 0 spiro atoms. The van der Waals surface area contributed by atoms with Crippen LogP contribution in [0.2, 0.25) is 0 Å². The van der Waals surface area contributed by atoms with Crippen LogP contribution < -0.4 is 10.5 Å². The second-order valence-corrected chi connectivity index (χ2v) is 7.49. The van der Waals surface area contributed by atoms with Crippen LogP contribution in [0.15, 0.2) is 17.0 Å². The number of nitrogens with zero attached hydrogens (tertiary/aromatic N) is 1. The number of benzene rings is 1. The van der Waals surface area contributed by atoms with Gasteiger partial charge in [0.1, 0.15) is 10.6 Å². The summed E-state index contributed by atoms with van der Waals surface area (Å²) in [5, 5.41) is 0. The van der Waals surface area contributed by atoms with Gasteiger partial charge < -0.3 is 10.5 Å². The molecule has 0 amide bonds. The van der Waals surface area contributed by atoms with Crippen LogP contribution in [0, 0.1) is 6.92 Å². The number of hydrogen-bond donors (Lipinski definition) is 1. The number of hydrogen-bond acceptors (Lipinski definition) is 4. The van der Waals surface area contributed by atoms with E-state index < -0.39 is 10.0 Å². The van der Waals surface area contributed by atoms with E-state index in [4.69, 9.17) is 10.5 Å². The topological polar surface area (TPSA) is 72.6 Å². The molecule has 2 rings (SSSR count). The number of nitrogens with two attached hydrogens (primary N) is 1. The molecule has 0 bridgehead atoms. The van der Waals surface area contributed by atoms with E-state index in [1.54, 1.807) is 10.4 Å². The van der Waals surface area contributed by atoms with Crippen LogP contribution >= 0.6 is 0 Å². The second kappa shape index (κ2) is 5.85. The Balaban J connectivity index is 2.56. The Hall–Kier alpha value is -1.27. The van der Waals surface area contributed by atoms with Crippen molar-refractivity contribution in [3.8, 4) is 5.75 Å². The lowest BCUT2D eigenvalue weighted by atomic mass is 10.2. The summed E-state index contributed by atoms with van der Waals surface area (Å²) in [6.45, 7) is 5.81. The molecule has 1 aliphatic heterocycles. The molecule has 2 atom stereocenters. The minimum absolute atomic E-state index is 0.00665.